The summed E-state index contributed by atoms with van der Waals surface area (Å²) in [5, 5.41) is 5.53. The van der Waals surface area contributed by atoms with Crippen LogP contribution in [-0.4, -0.2) is 25.5 Å². The third kappa shape index (κ3) is 6.10. The number of methoxy groups -OCH3 is 1. The van der Waals surface area contributed by atoms with Crippen LogP contribution in [-0.2, 0) is 11.2 Å². The van der Waals surface area contributed by atoms with Gasteiger partial charge in [0.15, 0.2) is 0 Å². The Morgan fingerprint density at radius 1 is 1.03 bits per heavy atom. The first-order chi connectivity index (χ1) is 14.7. The molecule has 0 saturated heterocycles. The Hall–Kier alpha value is -3.80. The van der Waals surface area contributed by atoms with Crippen LogP contribution in [0.5, 0.6) is 5.75 Å². The molecule has 30 heavy (non-hydrogen) atoms. The van der Waals surface area contributed by atoms with Gasteiger partial charge in [-0.25, -0.2) is 0 Å². The van der Waals surface area contributed by atoms with E-state index in [9.17, 15) is 9.59 Å². The molecule has 1 aromatic heterocycles. The third-order valence-electron chi connectivity index (χ3n) is 4.42. The monoisotopic (exact) mass is 404 g/mol. The Morgan fingerprint density at radius 3 is 2.60 bits per heavy atom. The highest BCUT2D eigenvalue weighted by atomic mass is 16.5. The van der Waals surface area contributed by atoms with Gasteiger partial charge in [0.2, 0.25) is 0 Å². The van der Waals surface area contributed by atoms with Crippen molar-refractivity contribution in [1.29, 1.82) is 0 Å². The summed E-state index contributed by atoms with van der Waals surface area (Å²) >= 11 is 0. The minimum Gasteiger partial charge on any atom is -0.497 e. The minimum atomic E-state index is -0.374. The summed E-state index contributed by atoms with van der Waals surface area (Å²) in [5.74, 6) is 0.551. The van der Waals surface area contributed by atoms with Gasteiger partial charge in [-0.3, -0.25) is 9.59 Å². The molecular weight excluding hydrogens is 380 g/mol. The van der Waals surface area contributed by atoms with Gasteiger partial charge in [0.25, 0.3) is 11.8 Å². The summed E-state index contributed by atoms with van der Waals surface area (Å²) in [6, 6.07) is 20.0. The van der Waals surface area contributed by atoms with E-state index < -0.39 is 0 Å². The Bertz CT molecular complexity index is 995. The normalized spacial score (nSPS) is 11.0. The number of carbonyl (C=O) groups excluding carboxylic acids is 2. The van der Waals surface area contributed by atoms with Crippen molar-refractivity contribution in [3.8, 4) is 5.75 Å². The van der Waals surface area contributed by atoms with Gasteiger partial charge in [-0.05, 0) is 54.8 Å². The maximum absolute atomic E-state index is 12.7. The largest absolute Gasteiger partial charge is 0.497 e. The lowest BCUT2D eigenvalue weighted by molar-refractivity contribution is -0.117. The Labute approximate surface area is 175 Å². The van der Waals surface area contributed by atoms with Gasteiger partial charge in [-0.1, -0.05) is 30.3 Å². The van der Waals surface area contributed by atoms with Crippen LogP contribution in [0.3, 0.4) is 0 Å². The number of furan rings is 1. The molecule has 2 N–H and O–H groups in total. The zero-order chi connectivity index (χ0) is 21.2. The maximum Gasteiger partial charge on any atom is 0.267 e. The molecule has 0 saturated carbocycles. The molecule has 2 amide bonds. The molecule has 0 aliphatic rings. The van der Waals surface area contributed by atoms with Crippen LogP contribution >= 0.6 is 0 Å². The van der Waals surface area contributed by atoms with Crippen LogP contribution in [0.4, 0.5) is 0 Å². The quantitative estimate of drug-likeness (QED) is 0.420. The van der Waals surface area contributed by atoms with E-state index in [0.29, 0.717) is 17.9 Å². The average molecular weight is 404 g/mol. The standard InChI is InChI=1S/C24H24N2O4/c1-29-20-12-5-8-18(16-20)9-6-14-25-24(28)22(17-21-13-7-15-30-21)26-23(27)19-10-3-2-4-11-19/h2-5,7-8,10-13,15-17H,6,9,14H2,1H3,(H,25,28)(H,26,27)/b22-17-. The molecule has 6 heteroatoms. The molecule has 0 bridgehead atoms. The smallest absolute Gasteiger partial charge is 0.267 e. The second kappa shape index (κ2) is 10.7. The number of amides is 2. The Kier molecular flexibility index (Phi) is 7.44. The van der Waals surface area contributed by atoms with Crippen LogP contribution in [0.1, 0.15) is 28.1 Å². The molecule has 6 nitrogen and oxygen atoms in total. The molecule has 0 aliphatic carbocycles. The van der Waals surface area contributed by atoms with E-state index in [1.54, 1.807) is 43.5 Å². The van der Waals surface area contributed by atoms with E-state index >= 15 is 0 Å². The summed E-state index contributed by atoms with van der Waals surface area (Å²) in [7, 11) is 1.63. The van der Waals surface area contributed by atoms with Crippen LogP contribution in [0.15, 0.2) is 83.1 Å². The minimum absolute atomic E-state index is 0.125. The fourth-order valence-corrected chi connectivity index (χ4v) is 2.88. The fourth-order valence-electron chi connectivity index (χ4n) is 2.88. The zero-order valence-corrected chi connectivity index (χ0v) is 16.8. The Morgan fingerprint density at radius 2 is 1.87 bits per heavy atom. The van der Waals surface area contributed by atoms with Crippen molar-refractivity contribution in [2.75, 3.05) is 13.7 Å². The maximum atomic E-state index is 12.7. The van der Waals surface area contributed by atoms with Gasteiger partial charge in [0.05, 0.1) is 13.4 Å². The molecule has 0 unspecified atom stereocenters. The van der Waals surface area contributed by atoms with Gasteiger partial charge in [-0.15, -0.1) is 0 Å². The SMILES string of the molecule is COc1cccc(CCCNC(=O)/C(=C/c2ccco2)NC(=O)c2ccccc2)c1. The van der Waals surface area contributed by atoms with E-state index in [1.165, 1.54) is 12.3 Å². The number of ether oxygens (including phenoxy) is 1. The molecule has 0 fully saturated rings. The number of aryl methyl sites for hydroxylation is 1. The highest BCUT2D eigenvalue weighted by Gasteiger charge is 2.15. The van der Waals surface area contributed by atoms with Gasteiger partial charge in [0.1, 0.15) is 17.2 Å². The highest BCUT2D eigenvalue weighted by molar-refractivity contribution is 6.05. The predicted molar refractivity (Wildman–Crippen MR) is 115 cm³/mol. The van der Waals surface area contributed by atoms with Crippen molar-refractivity contribution >= 4 is 17.9 Å². The number of carbonyl (C=O) groups is 2. The summed E-state index contributed by atoms with van der Waals surface area (Å²) in [4.78, 5) is 25.2. The van der Waals surface area contributed by atoms with Crippen molar-refractivity contribution in [2.45, 2.75) is 12.8 Å². The lowest BCUT2D eigenvalue weighted by Crippen LogP contribution is -2.35. The summed E-state index contributed by atoms with van der Waals surface area (Å²) in [6.45, 7) is 0.465. The van der Waals surface area contributed by atoms with Gasteiger partial charge in [0, 0.05) is 18.2 Å². The van der Waals surface area contributed by atoms with Gasteiger partial charge < -0.3 is 19.8 Å². The zero-order valence-electron chi connectivity index (χ0n) is 16.8. The summed E-state index contributed by atoms with van der Waals surface area (Å²) < 4.78 is 10.5. The van der Waals surface area contributed by atoms with E-state index in [2.05, 4.69) is 10.6 Å². The van der Waals surface area contributed by atoms with Gasteiger partial charge >= 0.3 is 0 Å². The molecular formula is C24H24N2O4. The van der Waals surface area contributed by atoms with Crippen molar-refractivity contribution in [1.82, 2.24) is 10.6 Å². The topological polar surface area (TPSA) is 80.6 Å². The summed E-state index contributed by atoms with van der Waals surface area (Å²) in [6.07, 6.45) is 4.57. The third-order valence-corrected chi connectivity index (χ3v) is 4.42. The van der Waals surface area contributed by atoms with Crippen molar-refractivity contribution in [3.63, 3.8) is 0 Å². The lowest BCUT2D eigenvalue weighted by atomic mass is 10.1. The molecule has 0 aliphatic heterocycles. The van der Waals surface area contributed by atoms with E-state index in [-0.39, 0.29) is 17.5 Å². The van der Waals surface area contributed by atoms with Crippen molar-refractivity contribution in [2.24, 2.45) is 0 Å². The second-order valence-electron chi connectivity index (χ2n) is 6.60. The number of rotatable bonds is 9. The molecule has 2 aromatic carbocycles. The molecule has 3 rings (SSSR count). The number of nitrogens with one attached hydrogen (secondary N) is 2. The van der Waals surface area contributed by atoms with Gasteiger partial charge in [-0.2, -0.15) is 0 Å². The highest BCUT2D eigenvalue weighted by Crippen LogP contribution is 2.14. The first-order valence-corrected chi connectivity index (χ1v) is 9.68. The number of benzene rings is 2. The van der Waals surface area contributed by atoms with Crippen molar-refractivity contribution < 1.29 is 18.7 Å². The predicted octanol–water partition coefficient (Wildman–Crippen LogP) is 3.81. The fraction of sp³-hybridized carbons (Fsp3) is 0.167. The van der Waals surface area contributed by atoms with E-state index in [1.807, 2.05) is 30.3 Å². The molecule has 0 spiro atoms. The van der Waals surface area contributed by atoms with E-state index in [0.717, 1.165) is 24.2 Å². The summed E-state index contributed by atoms with van der Waals surface area (Å²) in [5.41, 5.74) is 1.72. The van der Waals surface area contributed by atoms with E-state index in [4.69, 9.17) is 9.15 Å². The molecule has 1 heterocycles. The molecule has 3 aromatic rings. The van der Waals surface area contributed by atoms with Crippen molar-refractivity contribution in [3.05, 3.63) is 95.6 Å². The van der Waals surface area contributed by atoms with Crippen LogP contribution in [0.25, 0.3) is 6.08 Å². The second-order valence-corrected chi connectivity index (χ2v) is 6.60. The number of hydrogen-bond acceptors (Lipinski definition) is 4. The molecule has 0 radical (unpaired) electrons. The van der Waals surface area contributed by atoms with Crippen LogP contribution < -0.4 is 15.4 Å². The molecule has 154 valence electrons. The van der Waals surface area contributed by atoms with Crippen LogP contribution in [0, 0.1) is 0 Å². The lowest BCUT2D eigenvalue weighted by Gasteiger charge is -2.11. The first-order valence-electron chi connectivity index (χ1n) is 9.68. The first kappa shape index (κ1) is 20.9. The molecule has 0 atom stereocenters. The average Bonchev–Trinajstić information content (AvgIpc) is 3.30. The number of hydrogen-bond donors (Lipinski definition) is 2. The Balaban J connectivity index is 1.60. The van der Waals surface area contributed by atoms with Crippen LogP contribution in [0.2, 0.25) is 0 Å².